The van der Waals surface area contributed by atoms with Gasteiger partial charge in [0.25, 0.3) is 0 Å². The highest BCUT2D eigenvalue weighted by Crippen LogP contribution is 2.49. The average molecular weight is 297 g/mol. The van der Waals surface area contributed by atoms with Crippen LogP contribution in [0.5, 0.6) is 0 Å². The zero-order valence-electron chi connectivity index (χ0n) is 12.9. The molecule has 0 spiro atoms. The van der Waals surface area contributed by atoms with Crippen LogP contribution in [0.1, 0.15) is 31.2 Å². The number of rotatable bonds is 3. The molecule has 1 heterocycles. The standard InChI is InChI=1S/C19H23NS/c1-20(2)12-17-10-13-3-4-15(9-13)19(17)16-5-6-18-14(11-16)7-8-21-18/h5-8,11,13,15H,3-4,9-10,12H2,1-2H3. The summed E-state index contributed by atoms with van der Waals surface area (Å²) in [5, 5.41) is 3.62. The minimum atomic E-state index is 0.815. The first-order valence-corrected chi connectivity index (χ1v) is 8.93. The Labute approximate surface area is 131 Å². The van der Waals surface area contributed by atoms with E-state index in [0.29, 0.717) is 0 Å². The lowest BCUT2D eigenvalue weighted by molar-refractivity contribution is 0.413. The Hall–Kier alpha value is -1.12. The van der Waals surface area contributed by atoms with Gasteiger partial charge in [0.15, 0.2) is 0 Å². The molecule has 0 radical (unpaired) electrons. The van der Waals surface area contributed by atoms with E-state index >= 15 is 0 Å². The lowest BCUT2D eigenvalue weighted by Crippen LogP contribution is -2.21. The molecule has 1 aromatic heterocycles. The molecule has 1 fully saturated rings. The molecule has 0 aliphatic heterocycles. The molecule has 1 aromatic carbocycles. The van der Waals surface area contributed by atoms with E-state index in [9.17, 15) is 0 Å². The maximum atomic E-state index is 2.43. The highest BCUT2D eigenvalue weighted by Gasteiger charge is 2.35. The minimum Gasteiger partial charge on any atom is -0.305 e. The van der Waals surface area contributed by atoms with Crippen LogP contribution in [-0.4, -0.2) is 25.5 Å². The van der Waals surface area contributed by atoms with Crippen molar-refractivity contribution in [2.45, 2.75) is 25.7 Å². The van der Waals surface area contributed by atoms with Crippen molar-refractivity contribution in [1.29, 1.82) is 0 Å². The van der Waals surface area contributed by atoms with Crippen molar-refractivity contribution in [3.8, 4) is 0 Å². The van der Waals surface area contributed by atoms with Crippen molar-refractivity contribution in [2.24, 2.45) is 11.8 Å². The molecule has 110 valence electrons. The van der Waals surface area contributed by atoms with Gasteiger partial charge >= 0.3 is 0 Å². The van der Waals surface area contributed by atoms with Crippen molar-refractivity contribution in [3.05, 3.63) is 40.8 Å². The van der Waals surface area contributed by atoms with Crippen LogP contribution in [0.4, 0.5) is 0 Å². The highest BCUT2D eigenvalue weighted by atomic mass is 32.1. The number of nitrogens with zero attached hydrogens (tertiary/aromatic N) is 1. The van der Waals surface area contributed by atoms with E-state index in [1.54, 1.807) is 11.1 Å². The number of allylic oxidation sites excluding steroid dienone is 1. The van der Waals surface area contributed by atoms with Crippen LogP contribution >= 0.6 is 11.3 Å². The van der Waals surface area contributed by atoms with Crippen molar-refractivity contribution >= 4 is 27.0 Å². The quantitative estimate of drug-likeness (QED) is 0.767. The molecule has 2 aliphatic rings. The summed E-state index contributed by atoms with van der Waals surface area (Å²) in [6.45, 7) is 1.13. The first kappa shape index (κ1) is 13.5. The number of fused-ring (bicyclic) bond motifs is 3. The summed E-state index contributed by atoms with van der Waals surface area (Å²) in [6, 6.07) is 9.37. The average Bonchev–Trinajstić information content (AvgIpc) is 3.05. The second kappa shape index (κ2) is 5.26. The van der Waals surface area contributed by atoms with E-state index in [4.69, 9.17) is 0 Å². The van der Waals surface area contributed by atoms with Gasteiger partial charge in [-0.15, -0.1) is 11.3 Å². The third-order valence-electron chi connectivity index (χ3n) is 5.14. The summed E-state index contributed by atoms with van der Waals surface area (Å²) < 4.78 is 1.41. The molecule has 0 amide bonds. The third-order valence-corrected chi connectivity index (χ3v) is 6.03. The lowest BCUT2D eigenvalue weighted by Gasteiger charge is -2.29. The molecular weight excluding hydrogens is 274 g/mol. The number of thiophene rings is 1. The number of hydrogen-bond donors (Lipinski definition) is 0. The molecule has 4 rings (SSSR count). The Bertz CT molecular complexity index is 694. The van der Waals surface area contributed by atoms with Crippen molar-refractivity contribution in [1.82, 2.24) is 4.90 Å². The van der Waals surface area contributed by atoms with E-state index in [-0.39, 0.29) is 0 Å². The topological polar surface area (TPSA) is 3.24 Å². The maximum absolute atomic E-state index is 2.43. The first-order valence-electron chi connectivity index (χ1n) is 8.05. The van der Waals surface area contributed by atoms with Gasteiger partial charge in [0.1, 0.15) is 0 Å². The molecule has 0 N–H and O–H groups in total. The van der Waals surface area contributed by atoms with Gasteiger partial charge in [0.05, 0.1) is 0 Å². The smallest absolute Gasteiger partial charge is 0.0343 e. The predicted molar refractivity (Wildman–Crippen MR) is 92.7 cm³/mol. The predicted octanol–water partition coefficient (Wildman–Crippen LogP) is 5.04. The Morgan fingerprint density at radius 3 is 2.95 bits per heavy atom. The van der Waals surface area contributed by atoms with Crippen LogP contribution in [0.25, 0.3) is 15.7 Å². The summed E-state index contributed by atoms with van der Waals surface area (Å²) >= 11 is 1.84. The van der Waals surface area contributed by atoms with Gasteiger partial charge in [-0.3, -0.25) is 0 Å². The van der Waals surface area contributed by atoms with Gasteiger partial charge in [-0.2, -0.15) is 0 Å². The van der Waals surface area contributed by atoms with E-state index in [1.165, 1.54) is 41.3 Å². The van der Waals surface area contributed by atoms with Crippen LogP contribution in [-0.2, 0) is 0 Å². The summed E-state index contributed by atoms with van der Waals surface area (Å²) in [6.07, 6.45) is 5.59. The van der Waals surface area contributed by atoms with Crippen LogP contribution in [0.2, 0.25) is 0 Å². The van der Waals surface area contributed by atoms with E-state index in [1.807, 2.05) is 11.3 Å². The van der Waals surface area contributed by atoms with Crippen LogP contribution < -0.4 is 0 Å². The van der Waals surface area contributed by atoms with Crippen LogP contribution in [0.15, 0.2) is 35.2 Å². The molecule has 1 nitrogen and oxygen atoms in total. The Kier molecular flexibility index (Phi) is 3.39. The van der Waals surface area contributed by atoms with Crippen molar-refractivity contribution in [3.63, 3.8) is 0 Å². The molecule has 2 aromatic rings. The molecule has 2 heteroatoms. The number of benzene rings is 1. The van der Waals surface area contributed by atoms with Gasteiger partial charge in [0, 0.05) is 11.2 Å². The molecular formula is C19H23NS. The summed E-state index contributed by atoms with van der Waals surface area (Å²) in [7, 11) is 4.40. The molecule has 2 bridgehead atoms. The second-order valence-electron chi connectivity index (χ2n) is 7.01. The SMILES string of the molecule is CN(C)CC1=C(c2ccc3sccc3c2)C2CCC(C1)C2. The van der Waals surface area contributed by atoms with Crippen molar-refractivity contribution < 1.29 is 0 Å². The fourth-order valence-electron chi connectivity index (χ4n) is 4.38. The van der Waals surface area contributed by atoms with Gasteiger partial charge in [-0.25, -0.2) is 0 Å². The number of likely N-dealkylation sites (N-methyl/N-ethyl adjacent to an activating group) is 1. The molecule has 21 heavy (non-hydrogen) atoms. The van der Waals surface area contributed by atoms with Gasteiger partial charge in [-0.1, -0.05) is 11.6 Å². The normalized spacial score (nSPS) is 25.3. The van der Waals surface area contributed by atoms with Gasteiger partial charge < -0.3 is 4.90 Å². The minimum absolute atomic E-state index is 0.815. The molecule has 2 unspecified atom stereocenters. The molecule has 0 saturated heterocycles. The lowest BCUT2D eigenvalue weighted by atomic mass is 9.79. The fourth-order valence-corrected chi connectivity index (χ4v) is 5.15. The zero-order valence-corrected chi connectivity index (χ0v) is 13.7. The largest absolute Gasteiger partial charge is 0.305 e. The van der Waals surface area contributed by atoms with Gasteiger partial charge in [-0.05, 0) is 91.7 Å². The first-order chi connectivity index (χ1) is 10.2. The van der Waals surface area contributed by atoms with E-state index in [0.717, 1.165) is 18.4 Å². The number of hydrogen-bond acceptors (Lipinski definition) is 2. The van der Waals surface area contributed by atoms with Crippen molar-refractivity contribution in [2.75, 3.05) is 20.6 Å². The van der Waals surface area contributed by atoms with Crippen LogP contribution in [0.3, 0.4) is 0 Å². The van der Waals surface area contributed by atoms with Crippen LogP contribution in [0, 0.1) is 11.8 Å². The third kappa shape index (κ3) is 2.45. The second-order valence-corrected chi connectivity index (χ2v) is 7.96. The molecule has 2 aliphatic carbocycles. The highest BCUT2D eigenvalue weighted by molar-refractivity contribution is 7.17. The summed E-state index contributed by atoms with van der Waals surface area (Å²) in [4.78, 5) is 2.34. The fraction of sp³-hybridized carbons (Fsp3) is 0.474. The summed E-state index contributed by atoms with van der Waals surface area (Å²) in [5.74, 6) is 1.77. The Morgan fingerprint density at radius 2 is 2.10 bits per heavy atom. The van der Waals surface area contributed by atoms with Gasteiger partial charge in [0.2, 0.25) is 0 Å². The van der Waals surface area contributed by atoms with E-state index < -0.39 is 0 Å². The Balaban J connectivity index is 1.82. The molecule has 2 atom stereocenters. The Morgan fingerprint density at radius 1 is 1.19 bits per heavy atom. The maximum Gasteiger partial charge on any atom is 0.0343 e. The monoisotopic (exact) mass is 297 g/mol. The zero-order chi connectivity index (χ0) is 14.4. The summed E-state index contributed by atoms with van der Waals surface area (Å²) in [5.41, 5.74) is 4.88. The molecule has 1 saturated carbocycles. The van der Waals surface area contributed by atoms with E-state index in [2.05, 4.69) is 48.6 Å².